The maximum Gasteiger partial charge on any atom is 0.416 e. The number of nitrogens with zero attached hydrogens (tertiary/aromatic N) is 4. The Kier molecular flexibility index (Phi) is 6.65. The lowest BCUT2D eigenvalue weighted by Gasteiger charge is -2.11. The van der Waals surface area contributed by atoms with Gasteiger partial charge in [-0.1, -0.05) is 47.1 Å². The first-order valence-electron chi connectivity index (χ1n) is 11.5. The van der Waals surface area contributed by atoms with Gasteiger partial charge in [-0.2, -0.15) is 18.2 Å². The zero-order chi connectivity index (χ0) is 26.7. The summed E-state index contributed by atoms with van der Waals surface area (Å²) >= 11 is 0. The maximum absolute atomic E-state index is 12.9. The van der Waals surface area contributed by atoms with E-state index in [1.807, 2.05) is 47.9 Å². The van der Waals surface area contributed by atoms with Gasteiger partial charge in [-0.05, 0) is 48.9 Å². The van der Waals surface area contributed by atoms with E-state index < -0.39 is 17.8 Å². The van der Waals surface area contributed by atoms with Crippen LogP contribution in [-0.4, -0.2) is 25.7 Å². The Hall–Kier alpha value is -4.93. The Labute approximate surface area is 215 Å². The minimum absolute atomic E-state index is 0.0390. The molecule has 5 aromatic rings. The predicted molar refractivity (Wildman–Crippen MR) is 135 cm³/mol. The normalized spacial score (nSPS) is 11.4. The lowest BCUT2D eigenvalue weighted by molar-refractivity contribution is -0.137. The maximum atomic E-state index is 12.9. The minimum Gasteiger partial charge on any atom is -0.332 e. The molecule has 11 heteroatoms. The second-order valence-corrected chi connectivity index (χ2v) is 8.58. The average molecular weight is 518 g/mol. The molecule has 38 heavy (non-hydrogen) atoms. The third kappa shape index (κ3) is 5.89. The number of alkyl halides is 3. The van der Waals surface area contributed by atoms with Gasteiger partial charge in [-0.3, -0.25) is 0 Å². The van der Waals surface area contributed by atoms with Crippen LogP contribution in [0.25, 0.3) is 23.0 Å². The summed E-state index contributed by atoms with van der Waals surface area (Å²) < 4.78 is 45.8. The van der Waals surface area contributed by atoms with Crippen molar-refractivity contribution in [1.82, 2.24) is 19.7 Å². The van der Waals surface area contributed by atoms with Crippen LogP contribution >= 0.6 is 0 Å². The van der Waals surface area contributed by atoms with Gasteiger partial charge in [0.05, 0.1) is 11.9 Å². The van der Waals surface area contributed by atoms with E-state index in [4.69, 9.17) is 4.52 Å². The smallest absolute Gasteiger partial charge is 0.332 e. The topological polar surface area (TPSA) is 97.9 Å². The number of benzene rings is 3. The molecule has 0 radical (unpaired) electrons. The Bertz CT molecular complexity index is 1570. The van der Waals surface area contributed by atoms with E-state index in [0.717, 1.165) is 28.8 Å². The number of imidazole rings is 1. The van der Waals surface area contributed by atoms with Crippen molar-refractivity contribution < 1.29 is 22.5 Å². The first-order valence-corrected chi connectivity index (χ1v) is 11.5. The molecule has 0 unspecified atom stereocenters. The van der Waals surface area contributed by atoms with Gasteiger partial charge in [0.15, 0.2) is 0 Å². The SMILES string of the molecule is Cc1cccc(-c2noc(-c3cn(Cc4ccc(NC(=O)Nc5cccc(C(F)(F)F)c5)cc4)cn3)n2)c1. The predicted octanol–water partition coefficient (Wildman–Crippen LogP) is 6.62. The van der Waals surface area contributed by atoms with E-state index in [-0.39, 0.29) is 5.69 Å². The molecule has 0 saturated carbocycles. The van der Waals surface area contributed by atoms with Crippen LogP contribution < -0.4 is 10.6 Å². The van der Waals surface area contributed by atoms with Gasteiger partial charge in [-0.15, -0.1) is 0 Å². The lowest BCUT2D eigenvalue weighted by atomic mass is 10.1. The highest BCUT2D eigenvalue weighted by Gasteiger charge is 2.30. The van der Waals surface area contributed by atoms with Crippen LogP contribution in [-0.2, 0) is 12.7 Å². The molecule has 0 aliphatic heterocycles. The summed E-state index contributed by atoms with van der Waals surface area (Å²) in [6.07, 6.45) is -1.04. The van der Waals surface area contributed by atoms with Crippen LogP contribution in [0.1, 0.15) is 16.7 Å². The summed E-state index contributed by atoms with van der Waals surface area (Å²) in [6.45, 7) is 2.49. The van der Waals surface area contributed by atoms with Crippen molar-refractivity contribution in [3.05, 3.63) is 102 Å². The zero-order valence-corrected chi connectivity index (χ0v) is 20.0. The summed E-state index contributed by atoms with van der Waals surface area (Å²) in [4.78, 5) is 21.0. The van der Waals surface area contributed by atoms with Crippen molar-refractivity contribution in [2.24, 2.45) is 0 Å². The van der Waals surface area contributed by atoms with E-state index in [1.165, 1.54) is 12.1 Å². The number of rotatable bonds is 6. The number of hydrogen-bond donors (Lipinski definition) is 2. The molecule has 3 aromatic carbocycles. The molecule has 8 nitrogen and oxygen atoms in total. The van der Waals surface area contributed by atoms with E-state index in [9.17, 15) is 18.0 Å². The first-order chi connectivity index (χ1) is 18.2. The molecule has 192 valence electrons. The molecule has 2 aromatic heterocycles. The van der Waals surface area contributed by atoms with Gasteiger partial charge in [-0.25, -0.2) is 9.78 Å². The number of carbonyl (C=O) groups excluding carboxylic acids is 1. The van der Waals surface area contributed by atoms with Gasteiger partial charge in [0.25, 0.3) is 5.89 Å². The summed E-state index contributed by atoms with van der Waals surface area (Å²) in [5.41, 5.74) is 3.11. The fraction of sp³-hybridized carbons (Fsp3) is 0.111. The monoisotopic (exact) mass is 518 g/mol. The van der Waals surface area contributed by atoms with Crippen LogP contribution in [0.4, 0.5) is 29.3 Å². The summed E-state index contributed by atoms with van der Waals surface area (Å²) in [6, 6.07) is 18.6. The van der Waals surface area contributed by atoms with E-state index in [2.05, 4.69) is 25.8 Å². The molecule has 0 atom stereocenters. The second-order valence-electron chi connectivity index (χ2n) is 8.58. The summed E-state index contributed by atoms with van der Waals surface area (Å²) in [5.74, 6) is 0.796. The number of hydrogen-bond acceptors (Lipinski definition) is 5. The number of urea groups is 1. The molecule has 2 amide bonds. The fourth-order valence-corrected chi connectivity index (χ4v) is 3.76. The molecular weight excluding hydrogens is 497 g/mol. The standard InChI is InChI=1S/C27H21F3N6O2/c1-17-4-2-5-19(12-17)24-34-25(38-35-24)23-15-36(16-31-23)14-18-8-10-21(11-9-18)32-26(37)33-22-7-3-6-20(13-22)27(28,29)30/h2-13,15-16H,14H2,1H3,(H2,32,33,37). The van der Waals surface area contributed by atoms with Crippen LogP contribution in [0.5, 0.6) is 0 Å². The molecular formula is C27H21F3N6O2. The molecule has 0 aliphatic carbocycles. The van der Waals surface area contributed by atoms with Crippen molar-refractivity contribution in [3.8, 4) is 23.0 Å². The first kappa shape index (κ1) is 24.8. The summed E-state index contributed by atoms with van der Waals surface area (Å²) in [5, 5.41) is 9.06. The van der Waals surface area contributed by atoms with Gasteiger partial charge in [0, 0.05) is 29.7 Å². The number of halogens is 3. The number of aromatic nitrogens is 4. The van der Waals surface area contributed by atoms with Crippen LogP contribution in [0.15, 0.2) is 89.8 Å². The third-order valence-corrected chi connectivity index (χ3v) is 5.58. The van der Waals surface area contributed by atoms with Crippen LogP contribution in [0, 0.1) is 6.92 Å². The second kappa shape index (κ2) is 10.2. The van der Waals surface area contributed by atoms with Gasteiger partial charge in [0.1, 0.15) is 5.69 Å². The molecule has 2 heterocycles. The Morgan fingerprint density at radius 2 is 1.74 bits per heavy atom. The third-order valence-electron chi connectivity index (χ3n) is 5.58. The summed E-state index contributed by atoms with van der Waals surface area (Å²) in [7, 11) is 0. The highest BCUT2D eigenvalue weighted by Crippen LogP contribution is 2.30. The van der Waals surface area contributed by atoms with E-state index in [0.29, 0.717) is 29.6 Å². The van der Waals surface area contributed by atoms with Crippen LogP contribution in [0.3, 0.4) is 0 Å². The number of aryl methyl sites for hydroxylation is 1. The highest BCUT2D eigenvalue weighted by molar-refractivity contribution is 5.99. The van der Waals surface area contributed by atoms with Gasteiger partial charge in [0.2, 0.25) is 5.82 Å². The molecule has 0 bridgehead atoms. The van der Waals surface area contributed by atoms with Crippen LogP contribution in [0.2, 0.25) is 0 Å². The van der Waals surface area contributed by atoms with Gasteiger partial charge >= 0.3 is 12.2 Å². The van der Waals surface area contributed by atoms with E-state index in [1.54, 1.807) is 24.7 Å². The number of amides is 2. The van der Waals surface area contributed by atoms with Crippen molar-refractivity contribution in [2.75, 3.05) is 10.6 Å². The largest absolute Gasteiger partial charge is 0.416 e. The molecule has 0 fully saturated rings. The average Bonchev–Trinajstić information content (AvgIpc) is 3.55. The van der Waals surface area contributed by atoms with Crippen molar-refractivity contribution >= 4 is 17.4 Å². The van der Waals surface area contributed by atoms with E-state index >= 15 is 0 Å². The fourth-order valence-electron chi connectivity index (χ4n) is 3.76. The quantitative estimate of drug-likeness (QED) is 0.263. The highest BCUT2D eigenvalue weighted by atomic mass is 19.4. The number of anilines is 2. The van der Waals surface area contributed by atoms with Crippen molar-refractivity contribution in [1.29, 1.82) is 0 Å². The molecule has 0 spiro atoms. The minimum atomic E-state index is -4.49. The number of nitrogens with one attached hydrogen (secondary N) is 2. The molecule has 0 saturated heterocycles. The zero-order valence-electron chi connectivity index (χ0n) is 20.0. The molecule has 5 rings (SSSR count). The van der Waals surface area contributed by atoms with Crippen molar-refractivity contribution in [3.63, 3.8) is 0 Å². The Morgan fingerprint density at radius 1 is 0.974 bits per heavy atom. The molecule has 2 N–H and O–H groups in total. The van der Waals surface area contributed by atoms with Crippen molar-refractivity contribution in [2.45, 2.75) is 19.6 Å². The molecule has 0 aliphatic rings. The van der Waals surface area contributed by atoms with Gasteiger partial charge < -0.3 is 19.7 Å². The lowest BCUT2D eigenvalue weighted by Crippen LogP contribution is -2.19. The Balaban J connectivity index is 1.19. The Morgan fingerprint density at radius 3 is 2.50 bits per heavy atom. The number of carbonyl (C=O) groups is 1.